The van der Waals surface area contributed by atoms with Crippen LogP contribution in [0.25, 0.3) is 0 Å². The Bertz CT molecular complexity index is 581. The smallest absolute Gasteiger partial charge is 0.121 e. The Labute approximate surface area is 120 Å². The van der Waals surface area contributed by atoms with E-state index in [0.29, 0.717) is 0 Å². The Kier molecular flexibility index (Phi) is 4.51. The monoisotopic (exact) mass is 271 g/mol. The highest BCUT2D eigenvalue weighted by molar-refractivity contribution is 5.52. The molecule has 0 saturated carbocycles. The van der Waals surface area contributed by atoms with Crippen molar-refractivity contribution in [1.29, 1.82) is 0 Å². The van der Waals surface area contributed by atoms with Crippen LogP contribution in [-0.2, 0) is 0 Å². The van der Waals surface area contributed by atoms with Gasteiger partial charge in [0.05, 0.1) is 14.2 Å². The van der Waals surface area contributed by atoms with Crippen molar-refractivity contribution in [2.24, 2.45) is 0 Å². The maximum Gasteiger partial charge on any atom is 0.121 e. The van der Waals surface area contributed by atoms with Crippen molar-refractivity contribution >= 4 is 5.69 Å². The highest BCUT2D eigenvalue weighted by atomic mass is 16.5. The first-order valence-corrected chi connectivity index (χ1v) is 6.69. The molecule has 0 amide bonds. The first-order chi connectivity index (χ1) is 9.63. The summed E-state index contributed by atoms with van der Waals surface area (Å²) in [5.74, 6) is 1.78. The number of benzene rings is 2. The van der Waals surface area contributed by atoms with Gasteiger partial charge in [-0.3, -0.25) is 0 Å². The number of aryl methyl sites for hydroxylation is 1. The van der Waals surface area contributed by atoms with Crippen LogP contribution in [0, 0.1) is 6.92 Å². The van der Waals surface area contributed by atoms with Gasteiger partial charge in [-0.2, -0.15) is 0 Å². The van der Waals surface area contributed by atoms with Gasteiger partial charge in [-0.05, 0) is 55.3 Å². The van der Waals surface area contributed by atoms with E-state index < -0.39 is 0 Å². The van der Waals surface area contributed by atoms with E-state index in [-0.39, 0.29) is 6.04 Å². The molecule has 3 nitrogen and oxygen atoms in total. The Balaban J connectivity index is 2.14. The molecule has 1 N–H and O–H groups in total. The lowest BCUT2D eigenvalue weighted by Crippen LogP contribution is -2.07. The van der Waals surface area contributed by atoms with Crippen LogP contribution < -0.4 is 14.8 Å². The van der Waals surface area contributed by atoms with E-state index in [1.807, 2.05) is 37.3 Å². The molecule has 0 aromatic heterocycles. The van der Waals surface area contributed by atoms with Gasteiger partial charge in [-0.15, -0.1) is 0 Å². The molecule has 3 heteroatoms. The summed E-state index contributed by atoms with van der Waals surface area (Å²) < 4.78 is 10.5. The second-order valence-electron chi connectivity index (χ2n) is 4.83. The van der Waals surface area contributed by atoms with Gasteiger partial charge >= 0.3 is 0 Å². The molecule has 0 fully saturated rings. The van der Waals surface area contributed by atoms with Crippen LogP contribution in [0.4, 0.5) is 5.69 Å². The summed E-state index contributed by atoms with van der Waals surface area (Å²) in [6.07, 6.45) is 0. The quantitative estimate of drug-likeness (QED) is 0.884. The number of hydrogen-bond donors (Lipinski definition) is 1. The van der Waals surface area contributed by atoms with Gasteiger partial charge in [-0.1, -0.05) is 12.1 Å². The second kappa shape index (κ2) is 6.33. The lowest BCUT2D eigenvalue weighted by atomic mass is 10.1. The SMILES string of the molecule is COc1cccc(C(C)Nc2ccc(OC)c(C)c2)c1. The zero-order chi connectivity index (χ0) is 14.5. The van der Waals surface area contributed by atoms with E-state index >= 15 is 0 Å². The number of methoxy groups -OCH3 is 2. The molecular formula is C17H21NO2. The van der Waals surface area contributed by atoms with Crippen molar-refractivity contribution < 1.29 is 9.47 Å². The van der Waals surface area contributed by atoms with Crippen molar-refractivity contribution in [3.05, 3.63) is 53.6 Å². The molecule has 0 aliphatic rings. The van der Waals surface area contributed by atoms with Crippen LogP contribution >= 0.6 is 0 Å². The fourth-order valence-electron chi connectivity index (χ4n) is 2.21. The van der Waals surface area contributed by atoms with Crippen molar-refractivity contribution in [2.45, 2.75) is 19.9 Å². The highest BCUT2D eigenvalue weighted by Gasteiger charge is 2.07. The number of rotatable bonds is 5. The summed E-state index contributed by atoms with van der Waals surface area (Å²) >= 11 is 0. The van der Waals surface area contributed by atoms with E-state index in [1.54, 1.807) is 14.2 Å². The van der Waals surface area contributed by atoms with Crippen LogP contribution in [0.15, 0.2) is 42.5 Å². The second-order valence-corrected chi connectivity index (χ2v) is 4.83. The van der Waals surface area contributed by atoms with Crippen LogP contribution in [0.1, 0.15) is 24.1 Å². The van der Waals surface area contributed by atoms with Crippen molar-refractivity contribution in [1.82, 2.24) is 0 Å². The molecule has 2 aromatic rings. The first kappa shape index (κ1) is 14.3. The van der Waals surface area contributed by atoms with Crippen LogP contribution in [-0.4, -0.2) is 14.2 Å². The molecule has 0 aliphatic carbocycles. The first-order valence-electron chi connectivity index (χ1n) is 6.69. The van der Waals surface area contributed by atoms with Gasteiger partial charge in [0, 0.05) is 11.7 Å². The van der Waals surface area contributed by atoms with Gasteiger partial charge < -0.3 is 14.8 Å². The summed E-state index contributed by atoms with van der Waals surface area (Å²) in [6.45, 7) is 4.18. The number of hydrogen-bond acceptors (Lipinski definition) is 3. The minimum atomic E-state index is 0.206. The van der Waals surface area contributed by atoms with E-state index in [4.69, 9.17) is 9.47 Å². The fourth-order valence-corrected chi connectivity index (χ4v) is 2.21. The van der Waals surface area contributed by atoms with Gasteiger partial charge in [0.2, 0.25) is 0 Å². The average Bonchev–Trinajstić information content (AvgIpc) is 2.47. The van der Waals surface area contributed by atoms with Crippen molar-refractivity contribution in [3.63, 3.8) is 0 Å². The third-order valence-corrected chi connectivity index (χ3v) is 3.37. The Morgan fingerprint density at radius 2 is 1.80 bits per heavy atom. The summed E-state index contributed by atoms with van der Waals surface area (Å²) in [7, 11) is 3.37. The molecule has 0 heterocycles. The number of nitrogens with one attached hydrogen (secondary N) is 1. The topological polar surface area (TPSA) is 30.5 Å². The molecule has 0 radical (unpaired) electrons. The van der Waals surface area contributed by atoms with Crippen LogP contribution in [0.3, 0.4) is 0 Å². The standard InChI is InChI=1S/C17H21NO2/c1-12-10-15(8-9-17(12)20-4)18-13(2)14-6-5-7-16(11-14)19-3/h5-11,13,18H,1-4H3. The van der Waals surface area contributed by atoms with Crippen molar-refractivity contribution in [3.8, 4) is 11.5 Å². The molecule has 0 spiro atoms. The largest absolute Gasteiger partial charge is 0.497 e. The third kappa shape index (κ3) is 3.23. The van der Waals surface area contributed by atoms with Crippen LogP contribution in [0.5, 0.6) is 11.5 Å². The Morgan fingerprint density at radius 3 is 2.45 bits per heavy atom. The molecule has 106 valence electrons. The van der Waals surface area contributed by atoms with E-state index in [9.17, 15) is 0 Å². The van der Waals surface area contributed by atoms with E-state index in [1.165, 1.54) is 5.56 Å². The molecule has 0 saturated heterocycles. The van der Waals surface area contributed by atoms with Crippen molar-refractivity contribution in [2.75, 3.05) is 19.5 Å². The predicted molar refractivity (Wildman–Crippen MR) is 82.8 cm³/mol. The lowest BCUT2D eigenvalue weighted by Gasteiger charge is -2.17. The maximum absolute atomic E-state index is 5.28. The van der Waals surface area contributed by atoms with E-state index in [2.05, 4.69) is 24.4 Å². The summed E-state index contributed by atoms with van der Waals surface area (Å²) in [5.41, 5.74) is 3.40. The molecular weight excluding hydrogens is 250 g/mol. The predicted octanol–water partition coefficient (Wildman–Crippen LogP) is 4.19. The summed E-state index contributed by atoms with van der Waals surface area (Å²) in [4.78, 5) is 0. The minimum Gasteiger partial charge on any atom is -0.497 e. The maximum atomic E-state index is 5.28. The normalized spacial score (nSPS) is 11.8. The summed E-state index contributed by atoms with van der Waals surface area (Å²) in [5, 5.41) is 3.49. The van der Waals surface area contributed by atoms with Gasteiger partial charge in [0.25, 0.3) is 0 Å². The Hall–Kier alpha value is -2.16. The van der Waals surface area contributed by atoms with Crippen LogP contribution in [0.2, 0.25) is 0 Å². The average molecular weight is 271 g/mol. The van der Waals surface area contributed by atoms with Gasteiger partial charge in [0.15, 0.2) is 0 Å². The minimum absolute atomic E-state index is 0.206. The zero-order valence-electron chi connectivity index (χ0n) is 12.4. The number of ether oxygens (including phenoxy) is 2. The lowest BCUT2D eigenvalue weighted by molar-refractivity contribution is 0.412. The molecule has 1 unspecified atom stereocenters. The van der Waals surface area contributed by atoms with Gasteiger partial charge in [0.1, 0.15) is 11.5 Å². The zero-order valence-corrected chi connectivity index (χ0v) is 12.4. The third-order valence-electron chi connectivity index (χ3n) is 3.37. The van der Waals surface area contributed by atoms with Gasteiger partial charge in [-0.25, -0.2) is 0 Å². The molecule has 20 heavy (non-hydrogen) atoms. The molecule has 1 atom stereocenters. The highest BCUT2D eigenvalue weighted by Crippen LogP contribution is 2.26. The molecule has 2 aromatic carbocycles. The summed E-state index contributed by atoms with van der Waals surface area (Å²) in [6, 6.07) is 14.4. The van der Waals surface area contributed by atoms with E-state index in [0.717, 1.165) is 22.7 Å². The fraction of sp³-hybridized carbons (Fsp3) is 0.294. The molecule has 0 aliphatic heterocycles. The Morgan fingerprint density at radius 1 is 1.00 bits per heavy atom. The molecule has 0 bridgehead atoms. The molecule has 2 rings (SSSR count). The number of anilines is 1.